The quantitative estimate of drug-likeness (QED) is 0.858. The molecular weight excluding hydrogens is 310 g/mol. The van der Waals surface area contributed by atoms with Crippen LogP contribution >= 0.6 is 11.6 Å². The third kappa shape index (κ3) is 3.12. The van der Waals surface area contributed by atoms with Crippen molar-refractivity contribution in [2.75, 3.05) is 7.05 Å². The molecule has 1 aromatic carbocycles. The van der Waals surface area contributed by atoms with Crippen LogP contribution in [0.5, 0.6) is 0 Å². The predicted octanol–water partition coefficient (Wildman–Crippen LogP) is 2.59. The topological polar surface area (TPSA) is 66.1 Å². The monoisotopic (exact) mass is 327 g/mol. The van der Waals surface area contributed by atoms with E-state index in [1.54, 1.807) is 14.0 Å². The van der Waals surface area contributed by atoms with E-state index < -0.39 is 10.0 Å². The summed E-state index contributed by atoms with van der Waals surface area (Å²) in [4.78, 5) is 0. The molecule has 0 saturated carbocycles. The van der Waals surface area contributed by atoms with Crippen molar-refractivity contribution in [3.63, 3.8) is 0 Å². The van der Waals surface area contributed by atoms with Gasteiger partial charge in [0.25, 0.3) is 10.0 Å². The van der Waals surface area contributed by atoms with Crippen LogP contribution in [-0.4, -0.2) is 30.0 Å². The summed E-state index contributed by atoms with van der Waals surface area (Å²) in [5, 5.41) is 6.59. The van der Waals surface area contributed by atoms with E-state index in [0.717, 1.165) is 11.1 Å². The number of halogens is 1. The van der Waals surface area contributed by atoms with Crippen molar-refractivity contribution < 1.29 is 8.42 Å². The zero-order valence-electron chi connectivity index (χ0n) is 12.2. The number of sulfonamides is 1. The molecule has 0 saturated heterocycles. The molecule has 0 radical (unpaired) electrons. The van der Waals surface area contributed by atoms with E-state index in [1.807, 2.05) is 31.2 Å². The molecule has 114 valence electrons. The number of rotatable bonds is 5. The number of H-pyrrole nitrogens is 1. The second-order valence-corrected chi connectivity index (χ2v) is 7.18. The molecule has 0 bridgehead atoms. The number of alkyl halides is 1. The first-order chi connectivity index (χ1) is 9.87. The molecule has 0 unspecified atom stereocenters. The van der Waals surface area contributed by atoms with Crippen LogP contribution in [0, 0.1) is 13.8 Å². The summed E-state index contributed by atoms with van der Waals surface area (Å²) in [7, 11) is -2.12. The molecule has 1 heterocycles. The van der Waals surface area contributed by atoms with Crippen LogP contribution < -0.4 is 0 Å². The number of hydrogen-bond donors (Lipinski definition) is 1. The highest BCUT2D eigenvalue weighted by Gasteiger charge is 2.28. The lowest BCUT2D eigenvalue weighted by Crippen LogP contribution is -2.27. The van der Waals surface area contributed by atoms with Gasteiger partial charge in [0, 0.05) is 24.8 Å². The average Bonchev–Trinajstić information content (AvgIpc) is 2.82. The van der Waals surface area contributed by atoms with Crippen LogP contribution in [0.25, 0.3) is 0 Å². The molecular formula is C14H18ClN3O2S. The number of aromatic nitrogens is 2. The fourth-order valence-corrected chi connectivity index (χ4v) is 3.77. The van der Waals surface area contributed by atoms with Gasteiger partial charge in [-0.3, -0.25) is 5.10 Å². The van der Waals surface area contributed by atoms with E-state index in [1.165, 1.54) is 4.31 Å². The zero-order chi connectivity index (χ0) is 15.6. The standard InChI is InChI=1S/C14H18ClN3O2S/c1-10-6-4-5-7-12(10)9-18(3)21(19,20)14-13(8-15)11(2)16-17-14/h4-7H,8-9H2,1-3H3,(H,16,17). The molecule has 0 atom stereocenters. The van der Waals surface area contributed by atoms with Crippen molar-refractivity contribution >= 4 is 21.6 Å². The molecule has 2 aromatic rings. The minimum Gasteiger partial charge on any atom is -0.281 e. The first-order valence-electron chi connectivity index (χ1n) is 6.48. The van der Waals surface area contributed by atoms with Gasteiger partial charge >= 0.3 is 0 Å². The lowest BCUT2D eigenvalue weighted by molar-refractivity contribution is 0.462. The van der Waals surface area contributed by atoms with Crippen LogP contribution in [0.2, 0.25) is 0 Å². The number of aromatic amines is 1. The fraction of sp³-hybridized carbons (Fsp3) is 0.357. The van der Waals surface area contributed by atoms with Gasteiger partial charge in [0.05, 0.1) is 5.88 Å². The first kappa shape index (κ1) is 16.0. The maximum Gasteiger partial charge on any atom is 0.262 e. The Morgan fingerprint density at radius 1 is 1.29 bits per heavy atom. The number of hydrogen-bond acceptors (Lipinski definition) is 3. The molecule has 0 amide bonds. The number of nitrogens with zero attached hydrogens (tertiary/aromatic N) is 2. The predicted molar refractivity (Wildman–Crippen MR) is 82.7 cm³/mol. The van der Waals surface area contributed by atoms with E-state index in [9.17, 15) is 8.42 Å². The second-order valence-electron chi connectivity index (χ2n) is 4.95. The molecule has 1 N–H and O–H groups in total. The lowest BCUT2D eigenvalue weighted by atomic mass is 10.1. The van der Waals surface area contributed by atoms with Gasteiger partial charge in [0.2, 0.25) is 0 Å². The Morgan fingerprint density at radius 3 is 2.57 bits per heavy atom. The van der Waals surface area contributed by atoms with Crippen LogP contribution in [0.3, 0.4) is 0 Å². The molecule has 5 nitrogen and oxygen atoms in total. The van der Waals surface area contributed by atoms with E-state index in [4.69, 9.17) is 11.6 Å². The average molecular weight is 328 g/mol. The summed E-state index contributed by atoms with van der Waals surface area (Å²) in [6, 6.07) is 7.69. The van der Waals surface area contributed by atoms with Crippen molar-refractivity contribution in [3.8, 4) is 0 Å². The van der Waals surface area contributed by atoms with E-state index in [0.29, 0.717) is 17.8 Å². The molecule has 0 aliphatic carbocycles. The van der Waals surface area contributed by atoms with Gasteiger partial charge in [-0.25, -0.2) is 8.42 Å². The van der Waals surface area contributed by atoms with E-state index >= 15 is 0 Å². The van der Waals surface area contributed by atoms with Crippen LogP contribution in [0.15, 0.2) is 29.3 Å². The fourth-order valence-electron chi connectivity index (χ4n) is 2.06. The Bertz CT molecular complexity index is 740. The summed E-state index contributed by atoms with van der Waals surface area (Å²) < 4.78 is 26.5. The normalized spacial score (nSPS) is 12.0. The molecule has 1 aromatic heterocycles. The summed E-state index contributed by atoms with van der Waals surface area (Å²) in [6.07, 6.45) is 0. The Kier molecular flexibility index (Phi) is 4.70. The molecule has 0 fully saturated rings. The third-order valence-corrected chi connectivity index (χ3v) is 5.52. The van der Waals surface area contributed by atoms with Gasteiger partial charge in [-0.15, -0.1) is 11.6 Å². The SMILES string of the molecule is Cc1ccccc1CN(C)S(=O)(=O)c1n[nH]c(C)c1CCl. The molecule has 0 spiro atoms. The molecule has 2 rings (SSSR count). The van der Waals surface area contributed by atoms with E-state index in [2.05, 4.69) is 10.2 Å². The summed E-state index contributed by atoms with van der Waals surface area (Å²) in [5.74, 6) is 0.106. The van der Waals surface area contributed by atoms with Crippen molar-refractivity contribution in [2.24, 2.45) is 0 Å². The molecule has 21 heavy (non-hydrogen) atoms. The maximum absolute atomic E-state index is 12.6. The Labute approximate surface area is 130 Å². The zero-order valence-corrected chi connectivity index (χ0v) is 13.8. The van der Waals surface area contributed by atoms with Gasteiger partial charge in [-0.05, 0) is 25.0 Å². The minimum absolute atomic E-state index is 0.00563. The maximum atomic E-state index is 12.6. The lowest BCUT2D eigenvalue weighted by Gasteiger charge is -2.17. The summed E-state index contributed by atoms with van der Waals surface area (Å²) >= 11 is 5.83. The molecule has 0 aliphatic rings. The second kappa shape index (κ2) is 6.17. The van der Waals surface area contributed by atoms with E-state index in [-0.39, 0.29) is 10.9 Å². The molecule has 7 heteroatoms. The molecule has 0 aliphatic heterocycles. The van der Waals surface area contributed by atoms with Crippen molar-refractivity contribution in [3.05, 3.63) is 46.6 Å². The first-order valence-corrected chi connectivity index (χ1v) is 8.46. The van der Waals surface area contributed by atoms with Crippen molar-refractivity contribution in [1.82, 2.24) is 14.5 Å². The largest absolute Gasteiger partial charge is 0.281 e. The summed E-state index contributed by atoms with van der Waals surface area (Å²) in [5.41, 5.74) is 3.21. The minimum atomic E-state index is -3.67. The van der Waals surface area contributed by atoms with Crippen molar-refractivity contribution in [1.29, 1.82) is 0 Å². The smallest absolute Gasteiger partial charge is 0.262 e. The highest BCUT2D eigenvalue weighted by molar-refractivity contribution is 7.89. The van der Waals surface area contributed by atoms with Crippen molar-refractivity contribution in [2.45, 2.75) is 31.3 Å². The van der Waals surface area contributed by atoms with Crippen LogP contribution in [0.4, 0.5) is 0 Å². The highest BCUT2D eigenvalue weighted by Crippen LogP contribution is 2.23. The highest BCUT2D eigenvalue weighted by atomic mass is 35.5. The van der Waals surface area contributed by atoms with Gasteiger partial charge in [0.15, 0.2) is 5.03 Å². The van der Waals surface area contributed by atoms with Gasteiger partial charge in [-0.2, -0.15) is 9.40 Å². The van der Waals surface area contributed by atoms with Crippen LogP contribution in [-0.2, 0) is 22.4 Å². The Balaban J connectivity index is 2.33. The number of nitrogens with one attached hydrogen (secondary N) is 1. The number of benzene rings is 1. The number of aryl methyl sites for hydroxylation is 2. The Morgan fingerprint density at radius 2 is 1.95 bits per heavy atom. The van der Waals surface area contributed by atoms with Crippen LogP contribution in [0.1, 0.15) is 22.4 Å². The Hall–Kier alpha value is -1.37. The van der Waals surface area contributed by atoms with Gasteiger partial charge in [-0.1, -0.05) is 24.3 Å². The van der Waals surface area contributed by atoms with Gasteiger partial charge in [0.1, 0.15) is 0 Å². The van der Waals surface area contributed by atoms with Gasteiger partial charge < -0.3 is 0 Å². The third-order valence-electron chi connectivity index (χ3n) is 3.48. The summed E-state index contributed by atoms with van der Waals surface area (Å²) in [6.45, 7) is 4.01.